The number of esters is 1. The highest BCUT2D eigenvalue weighted by atomic mass is 16.5. The quantitative estimate of drug-likeness (QED) is 0.499. The highest BCUT2D eigenvalue weighted by Crippen LogP contribution is 2.54. The van der Waals surface area contributed by atoms with Crippen LogP contribution in [0.3, 0.4) is 0 Å². The molecule has 1 aliphatic rings. The molecule has 80 valence electrons. The van der Waals surface area contributed by atoms with Crippen molar-refractivity contribution in [2.24, 2.45) is 11.8 Å². The second kappa shape index (κ2) is 4.13. The summed E-state index contributed by atoms with van der Waals surface area (Å²) in [5, 5.41) is 0. The summed E-state index contributed by atoms with van der Waals surface area (Å²) in [5.74, 6) is -0.160. The maximum absolute atomic E-state index is 11.5. The summed E-state index contributed by atoms with van der Waals surface area (Å²) in [5.41, 5.74) is -0.471. The molecule has 14 heavy (non-hydrogen) atoms. The fourth-order valence-electron chi connectivity index (χ4n) is 2.02. The van der Waals surface area contributed by atoms with Crippen LogP contribution in [0.15, 0.2) is 12.7 Å². The van der Waals surface area contributed by atoms with Gasteiger partial charge in [-0.15, -0.1) is 6.58 Å². The predicted octanol–water partition coefficient (Wildman–Crippen LogP) is 1.78. The highest BCUT2D eigenvalue weighted by Gasteiger charge is 2.66. The molecular formula is C11H18O3. The van der Waals surface area contributed by atoms with Crippen LogP contribution in [0.1, 0.15) is 20.8 Å². The minimum atomic E-state index is -0.471. The van der Waals surface area contributed by atoms with Crippen LogP contribution in [0.25, 0.3) is 0 Å². The zero-order chi connectivity index (χ0) is 10.8. The Morgan fingerprint density at radius 1 is 1.50 bits per heavy atom. The number of carbonyl (C=O) groups is 1. The van der Waals surface area contributed by atoms with E-state index in [-0.39, 0.29) is 17.8 Å². The van der Waals surface area contributed by atoms with E-state index in [1.807, 2.05) is 13.8 Å². The average Bonchev–Trinajstić information content (AvgIpc) is 2.73. The van der Waals surface area contributed by atoms with Gasteiger partial charge >= 0.3 is 5.97 Å². The normalized spacial score (nSPS) is 35.1. The van der Waals surface area contributed by atoms with Gasteiger partial charge in [0, 0.05) is 12.5 Å². The summed E-state index contributed by atoms with van der Waals surface area (Å²) in [4.78, 5) is 11.5. The molecule has 3 heteroatoms. The van der Waals surface area contributed by atoms with E-state index in [1.165, 1.54) is 0 Å². The SMILES string of the molecule is C=C[C@@]1(OCC)[C@@H](C)[C@@H]1C(=O)OCC. The standard InChI is InChI=1S/C11H18O3/c1-5-11(14-7-3)8(4)9(11)10(12)13-6-2/h5,8-9H,1,6-7H2,2-4H3/t8-,9+,11+/m0/s1. The Kier molecular flexibility index (Phi) is 3.32. The Labute approximate surface area is 85.1 Å². The fourth-order valence-corrected chi connectivity index (χ4v) is 2.02. The van der Waals surface area contributed by atoms with Crippen LogP contribution in [-0.4, -0.2) is 24.8 Å². The van der Waals surface area contributed by atoms with Crippen molar-refractivity contribution in [3.05, 3.63) is 12.7 Å². The Morgan fingerprint density at radius 2 is 2.14 bits per heavy atom. The molecule has 1 fully saturated rings. The third-order valence-electron chi connectivity index (χ3n) is 2.84. The van der Waals surface area contributed by atoms with Crippen LogP contribution in [-0.2, 0) is 14.3 Å². The third kappa shape index (κ3) is 1.57. The largest absolute Gasteiger partial charge is 0.466 e. The van der Waals surface area contributed by atoms with E-state index < -0.39 is 5.60 Å². The molecule has 0 amide bonds. The van der Waals surface area contributed by atoms with Gasteiger partial charge < -0.3 is 9.47 Å². The van der Waals surface area contributed by atoms with Crippen LogP contribution in [0.4, 0.5) is 0 Å². The molecule has 3 nitrogen and oxygen atoms in total. The number of carbonyl (C=O) groups excluding carboxylic acids is 1. The van der Waals surface area contributed by atoms with E-state index in [2.05, 4.69) is 6.58 Å². The Bertz CT molecular complexity index is 237. The van der Waals surface area contributed by atoms with Crippen LogP contribution < -0.4 is 0 Å². The van der Waals surface area contributed by atoms with Crippen molar-refractivity contribution in [2.75, 3.05) is 13.2 Å². The lowest BCUT2D eigenvalue weighted by molar-refractivity contribution is -0.146. The number of hydrogen-bond donors (Lipinski definition) is 0. The molecule has 0 N–H and O–H groups in total. The Morgan fingerprint density at radius 3 is 2.57 bits per heavy atom. The first-order chi connectivity index (χ1) is 6.64. The van der Waals surface area contributed by atoms with Gasteiger partial charge in [-0.3, -0.25) is 4.79 Å². The topological polar surface area (TPSA) is 35.5 Å². The van der Waals surface area contributed by atoms with Gasteiger partial charge in [-0.2, -0.15) is 0 Å². The molecule has 0 heterocycles. The molecule has 1 saturated carbocycles. The predicted molar refractivity (Wildman–Crippen MR) is 53.8 cm³/mol. The van der Waals surface area contributed by atoms with E-state index in [4.69, 9.17) is 9.47 Å². The first-order valence-electron chi connectivity index (χ1n) is 5.08. The fraction of sp³-hybridized carbons (Fsp3) is 0.727. The van der Waals surface area contributed by atoms with E-state index in [1.54, 1.807) is 13.0 Å². The zero-order valence-electron chi connectivity index (χ0n) is 9.08. The van der Waals surface area contributed by atoms with Gasteiger partial charge in [-0.25, -0.2) is 0 Å². The molecule has 0 aromatic carbocycles. The van der Waals surface area contributed by atoms with Gasteiger partial charge in [0.05, 0.1) is 12.5 Å². The molecule has 0 unspecified atom stereocenters. The van der Waals surface area contributed by atoms with Crippen molar-refractivity contribution in [3.63, 3.8) is 0 Å². The molecule has 0 spiro atoms. The molecule has 0 aromatic heterocycles. The van der Waals surface area contributed by atoms with Crippen molar-refractivity contribution < 1.29 is 14.3 Å². The summed E-state index contributed by atoms with van der Waals surface area (Å²) in [7, 11) is 0. The van der Waals surface area contributed by atoms with Gasteiger partial charge in [-0.05, 0) is 13.8 Å². The molecule has 1 aliphatic carbocycles. The molecule has 3 atom stereocenters. The molecule has 0 aromatic rings. The first-order valence-corrected chi connectivity index (χ1v) is 5.08. The lowest BCUT2D eigenvalue weighted by atomic mass is 10.2. The minimum absolute atomic E-state index is 0.167. The van der Waals surface area contributed by atoms with Crippen molar-refractivity contribution in [1.29, 1.82) is 0 Å². The number of ether oxygens (including phenoxy) is 2. The van der Waals surface area contributed by atoms with Gasteiger partial charge in [-0.1, -0.05) is 13.0 Å². The van der Waals surface area contributed by atoms with Crippen molar-refractivity contribution in [1.82, 2.24) is 0 Å². The molecule has 1 rings (SSSR count). The molecular weight excluding hydrogens is 180 g/mol. The van der Waals surface area contributed by atoms with Crippen molar-refractivity contribution in [2.45, 2.75) is 26.4 Å². The van der Waals surface area contributed by atoms with Crippen molar-refractivity contribution >= 4 is 5.97 Å². The van der Waals surface area contributed by atoms with Crippen molar-refractivity contribution in [3.8, 4) is 0 Å². The molecule has 0 radical (unpaired) electrons. The second-order valence-electron chi connectivity index (χ2n) is 3.51. The number of rotatable bonds is 5. The summed E-state index contributed by atoms with van der Waals surface area (Å²) in [6.45, 7) is 10.4. The van der Waals surface area contributed by atoms with E-state index in [9.17, 15) is 4.79 Å². The molecule has 0 saturated heterocycles. The van der Waals surface area contributed by atoms with Gasteiger partial charge in [0.25, 0.3) is 0 Å². The average molecular weight is 198 g/mol. The minimum Gasteiger partial charge on any atom is -0.466 e. The first kappa shape index (κ1) is 11.2. The highest BCUT2D eigenvalue weighted by molar-refractivity contribution is 5.79. The summed E-state index contributed by atoms with van der Waals surface area (Å²) >= 11 is 0. The lowest BCUT2D eigenvalue weighted by Crippen LogP contribution is -2.20. The van der Waals surface area contributed by atoms with Gasteiger partial charge in [0.2, 0.25) is 0 Å². The summed E-state index contributed by atoms with van der Waals surface area (Å²) in [6, 6.07) is 0. The Balaban J connectivity index is 2.65. The van der Waals surface area contributed by atoms with E-state index in [0.717, 1.165) is 0 Å². The maximum Gasteiger partial charge on any atom is 0.312 e. The number of hydrogen-bond acceptors (Lipinski definition) is 3. The van der Waals surface area contributed by atoms with E-state index in [0.29, 0.717) is 13.2 Å². The smallest absolute Gasteiger partial charge is 0.312 e. The summed E-state index contributed by atoms with van der Waals surface area (Å²) in [6.07, 6.45) is 1.72. The van der Waals surface area contributed by atoms with Gasteiger partial charge in [0.15, 0.2) is 0 Å². The Hall–Kier alpha value is -0.830. The second-order valence-corrected chi connectivity index (χ2v) is 3.51. The monoisotopic (exact) mass is 198 g/mol. The van der Waals surface area contributed by atoms with Crippen LogP contribution in [0.5, 0.6) is 0 Å². The van der Waals surface area contributed by atoms with Gasteiger partial charge in [0.1, 0.15) is 5.60 Å². The van der Waals surface area contributed by atoms with Crippen LogP contribution in [0, 0.1) is 11.8 Å². The zero-order valence-corrected chi connectivity index (χ0v) is 9.08. The van der Waals surface area contributed by atoms with E-state index >= 15 is 0 Å². The lowest BCUT2D eigenvalue weighted by Gasteiger charge is -2.12. The summed E-state index contributed by atoms with van der Waals surface area (Å²) < 4.78 is 10.5. The molecule has 0 bridgehead atoms. The van der Waals surface area contributed by atoms with Crippen LogP contribution >= 0.6 is 0 Å². The maximum atomic E-state index is 11.5. The third-order valence-corrected chi connectivity index (χ3v) is 2.84. The van der Waals surface area contributed by atoms with Crippen LogP contribution in [0.2, 0.25) is 0 Å². The molecule has 0 aliphatic heterocycles.